The van der Waals surface area contributed by atoms with E-state index in [0.29, 0.717) is 12.8 Å². The summed E-state index contributed by atoms with van der Waals surface area (Å²) in [5, 5.41) is 9.76. The van der Waals surface area contributed by atoms with Crippen LogP contribution in [-0.4, -0.2) is 41.7 Å². The summed E-state index contributed by atoms with van der Waals surface area (Å²) in [6, 6.07) is 11.4. The molecule has 1 unspecified atom stereocenters. The lowest BCUT2D eigenvalue weighted by Crippen LogP contribution is -2.53. The van der Waals surface area contributed by atoms with Gasteiger partial charge in [-0.15, -0.1) is 0 Å². The van der Waals surface area contributed by atoms with E-state index in [1.807, 2.05) is 30.5 Å². The number of aromatic nitrogens is 1. The molecule has 2 heterocycles. The van der Waals surface area contributed by atoms with Crippen LogP contribution in [0, 0.1) is 0 Å². The molecule has 0 bridgehead atoms. The van der Waals surface area contributed by atoms with E-state index in [-0.39, 0.29) is 17.7 Å². The van der Waals surface area contributed by atoms with Crippen LogP contribution in [0.15, 0.2) is 48.8 Å². The fourth-order valence-corrected chi connectivity index (χ4v) is 3.20. The Morgan fingerprint density at radius 2 is 2.08 bits per heavy atom. The minimum absolute atomic E-state index is 0.147. The number of piperazine rings is 1. The molecule has 126 valence electrons. The average molecular weight is 326 g/mol. The van der Waals surface area contributed by atoms with Crippen molar-refractivity contribution < 1.29 is 9.90 Å². The maximum atomic E-state index is 11.2. The fraction of sp³-hybridized carbons (Fsp3) is 0.333. The van der Waals surface area contributed by atoms with Gasteiger partial charge in [0.2, 0.25) is 5.91 Å². The molecule has 1 aliphatic rings. The van der Waals surface area contributed by atoms with Crippen LogP contribution in [-0.2, 0) is 4.79 Å². The molecule has 1 aliphatic heterocycles. The van der Waals surface area contributed by atoms with Crippen LogP contribution in [0.4, 0.5) is 11.4 Å². The topological polar surface area (TPSA) is 82.7 Å². The molecule has 1 fully saturated rings. The Morgan fingerprint density at radius 3 is 2.79 bits per heavy atom. The molecular weight excluding hydrogens is 304 g/mol. The molecule has 6 heteroatoms. The predicted octanol–water partition coefficient (Wildman–Crippen LogP) is 1.75. The first-order valence-electron chi connectivity index (χ1n) is 8.12. The highest BCUT2D eigenvalue weighted by Gasteiger charge is 2.27. The third-order valence-electron chi connectivity index (χ3n) is 4.38. The van der Waals surface area contributed by atoms with Crippen molar-refractivity contribution in [3.8, 4) is 5.75 Å². The summed E-state index contributed by atoms with van der Waals surface area (Å²) < 4.78 is 0. The maximum Gasteiger partial charge on any atom is 0.217 e. The summed E-state index contributed by atoms with van der Waals surface area (Å²) in [6.07, 6.45) is 4.65. The molecule has 1 aromatic carbocycles. The van der Waals surface area contributed by atoms with Crippen molar-refractivity contribution in [2.45, 2.75) is 18.9 Å². The minimum atomic E-state index is -0.288. The third kappa shape index (κ3) is 3.76. The molecule has 2 aromatic rings. The van der Waals surface area contributed by atoms with Gasteiger partial charge in [0.25, 0.3) is 0 Å². The van der Waals surface area contributed by atoms with Crippen molar-refractivity contribution in [3.63, 3.8) is 0 Å². The average Bonchev–Trinajstić information content (AvgIpc) is 2.60. The van der Waals surface area contributed by atoms with Crippen molar-refractivity contribution >= 4 is 17.3 Å². The normalized spacial score (nSPS) is 17.8. The summed E-state index contributed by atoms with van der Waals surface area (Å²) >= 11 is 0. The highest BCUT2D eigenvalue weighted by molar-refractivity contribution is 5.73. The number of hydrogen-bond donors (Lipinski definition) is 2. The van der Waals surface area contributed by atoms with E-state index < -0.39 is 0 Å². The number of carbonyl (C=O) groups excluding carboxylic acids is 1. The number of phenols is 1. The summed E-state index contributed by atoms with van der Waals surface area (Å²) in [7, 11) is 0. The van der Waals surface area contributed by atoms with E-state index in [4.69, 9.17) is 5.73 Å². The van der Waals surface area contributed by atoms with Gasteiger partial charge in [-0.3, -0.25) is 9.78 Å². The number of aromatic hydroxyl groups is 1. The molecule has 3 N–H and O–H groups in total. The van der Waals surface area contributed by atoms with Crippen LogP contribution in [0.2, 0.25) is 0 Å². The van der Waals surface area contributed by atoms with E-state index in [2.05, 4.69) is 14.8 Å². The van der Waals surface area contributed by atoms with Crippen LogP contribution >= 0.6 is 0 Å². The Hall–Kier alpha value is -2.76. The van der Waals surface area contributed by atoms with Crippen molar-refractivity contribution in [2.24, 2.45) is 5.73 Å². The van der Waals surface area contributed by atoms with E-state index in [1.165, 1.54) is 0 Å². The van der Waals surface area contributed by atoms with Gasteiger partial charge < -0.3 is 20.6 Å². The van der Waals surface area contributed by atoms with E-state index in [0.717, 1.165) is 31.0 Å². The van der Waals surface area contributed by atoms with Gasteiger partial charge in [-0.25, -0.2) is 0 Å². The van der Waals surface area contributed by atoms with Crippen molar-refractivity contribution in [1.82, 2.24) is 4.98 Å². The SMILES string of the molecule is NC(=O)CCC1CN(c2cccnc2)CCN1c1cccc(O)c1. The molecule has 1 saturated heterocycles. The number of amides is 1. The molecule has 0 aliphatic carbocycles. The second-order valence-electron chi connectivity index (χ2n) is 6.03. The highest BCUT2D eigenvalue weighted by atomic mass is 16.3. The summed E-state index contributed by atoms with van der Waals surface area (Å²) in [5.74, 6) is -0.0415. The number of carbonyl (C=O) groups is 1. The predicted molar refractivity (Wildman–Crippen MR) is 94.1 cm³/mol. The van der Waals surface area contributed by atoms with Crippen molar-refractivity contribution in [3.05, 3.63) is 48.8 Å². The molecule has 1 amide bonds. The second-order valence-corrected chi connectivity index (χ2v) is 6.03. The Labute approximate surface area is 141 Å². The van der Waals surface area contributed by atoms with Crippen LogP contribution in [0.5, 0.6) is 5.75 Å². The number of hydrogen-bond acceptors (Lipinski definition) is 5. The zero-order chi connectivity index (χ0) is 16.9. The second kappa shape index (κ2) is 7.21. The number of nitrogens with two attached hydrogens (primary N) is 1. The van der Waals surface area contributed by atoms with Crippen molar-refractivity contribution in [2.75, 3.05) is 29.4 Å². The monoisotopic (exact) mass is 326 g/mol. The van der Waals surface area contributed by atoms with Crippen LogP contribution in [0.1, 0.15) is 12.8 Å². The molecular formula is C18H22N4O2. The zero-order valence-electron chi connectivity index (χ0n) is 13.5. The molecule has 1 atom stereocenters. The molecule has 0 spiro atoms. The molecule has 24 heavy (non-hydrogen) atoms. The first-order chi connectivity index (χ1) is 11.6. The van der Waals surface area contributed by atoms with Gasteiger partial charge in [0.1, 0.15) is 5.75 Å². The van der Waals surface area contributed by atoms with E-state index >= 15 is 0 Å². The molecule has 3 rings (SSSR count). The lowest BCUT2D eigenvalue weighted by atomic mass is 10.0. The standard InChI is InChI=1S/C18H22N4O2/c19-18(24)7-6-16-13-21(15-4-2-8-20-12-15)9-10-22(16)14-3-1-5-17(23)11-14/h1-5,8,11-12,16,23H,6-7,9-10,13H2,(H2,19,24). The zero-order valence-corrected chi connectivity index (χ0v) is 13.5. The third-order valence-corrected chi connectivity index (χ3v) is 4.38. The summed E-state index contributed by atoms with van der Waals surface area (Å²) in [6.45, 7) is 2.45. The maximum absolute atomic E-state index is 11.2. The summed E-state index contributed by atoms with van der Waals surface area (Å²) in [4.78, 5) is 19.9. The quantitative estimate of drug-likeness (QED) is 0.875. The van der Waals surface area contributed by atoms with Gasteiger partial charge in [-0.05, 0) is 30.7 Å². The van der Waals surface area contributed by atoms with E-state index in [1.54, 1.807) is 18.3 Å². The van der Waals surface area contributed by atoms with Crippen LogP contribution < -0.4 is 15.5 Å². The van der Waals surface area contributed by atoms with E-state index in [9.17, 15) is 9.90 Å². The first kappa shape index (κ1) is 16.1. The molecule has 0 saturated carbocycles. The largest absolute Gasteiger partial charge is 0.508 e. The Bertz CT molecular complexity index is 692. The van der Waals surface area contributed by atoms with Crippen molar-refractivity contribution in [1.29, 1.82) is 0 Å². The van der Waals surface area contributed by atoms with Crippen LogP contribution in [0.25, 0.3) is 0 Å². The van der Waals surface area contributed by atoms with Crippen LogP contribution in [0.3, 0.4) is 0 Å². The highest BCUT2D eigenvalue weighted by Crippen LogP contribution is 2.27. The number of pyridine rings is 1. The molecule has 1 aromatic heterocycles. The van der Waals surface area contributed by atoms with Gasteiger partial charge in [0.05, 0.1) is 11.9 Å². The number of anilines is 2. The Balaban J connectivity index is 1.80. The summed E-state index contributed by atoms with van der Waals surface area (Å²) in [5.41, 5.74) is 7.39. The number of phenolic OH excluding ortho intramolecular Hbond substituents is 1. The molecule has 6 nitrogen and oxygen atoms in total. The number of benzene rings is 1. The van der Waals surface area contributed by atoms with Gasteiger partial charge in [-0.1, -0.05) is 6.07 Å². The van der Waals surface area contributed by atoms with Gasteiger partial charge in [0.15, 0.2) is 0 Å². The number of primary amides is 1. The Kier molecular flexibility index (Phi) is 4.84. The fourth-order valence-electron chi connectivity index (χ4n) is 3.20. The Morgan fingerprint density at radius 1 is 1.25 bits per heavy atom. The number of nitrogens with zero attached hydrogens (tertiary/aromatic N) is 3. The first-order valence-corrected chi connectivity index (χ1v) is 8.12. The smallest absolute Gasteiger partial charge is 0.217 e. The van der Waals surface area contributed by atoms with Gasteiger partial charge in [-0.2, -0.15) is 0 Å². The lowest BCUT2D eigenvalue weighted by Gasteiger charge is -2.43. The minimum Gasteiger partial charge on any atom is -0.508 e. The lowest BCUT2D eigenvalue weighted by molar-refractivity contribution is -0.118. The molecule has 0 radical (unpaired) electrons. The van der Waals surface area contributed by atoms with Gasteiger partial charge >= 0.3 is 0 Å². The van der Waals surface area contributed by atoms with Gasteiger partial charge in [0, 0.05) is 50.0 Å². The number of rotatable bonds is 5.